The molecule has 2 rings (SSSR count). The second-order valence-corrected chi connectivity index (χ2v) is 3.73. The summed E-state index contributed by atoms with van der Waals surface area (Å²) < 4.78 is 0. The maximum absolute atomic E-state index is 9.75. The third kappa shape index (κ3) is 1.75. The molecule has 0 radical (unpaired) electrons. The molecular weight excluding hydrogens is 188 g/mol. The van der Waals surface area contributed by atoms with Gasteiger partial charge < -0.3 is 10.2 Å². The highest BCUT2D eigenvalue weighted by Crippen LogP contribution is 2.31. The maximum Gasteiger partial charge on any atom is 0.123 e. The minimum absolute atomic E-state index is 0.268. The number of phenolic OH excluding ortho intramolecular Hbond substituents is 2. The number of rotatable bonds is 2. The van der Waals surface area contributed by atoms with Crippen molar-refractivity contribution in [3.8, 4) is 11.5 Å². The van der Waals surface area contributed by atoms with Crippen molar-refractivity contribution < 1.29 is 10.2 Å². The maximum atomic E-state index is 9.75. The fourth-order valence-corrected chi connectivity index (χ4v) is 1.81. The van der Waals surface area contributed by atoms with Crippen LogP contribution in [0.4, 0.5) is 0 Å². The second kappa shape index (κ2) is 3.81. The molecule has 2 nitrogen and oxygen atoms in total. The van der Waals surface area contributed by atoms with E-state index in [1.807, 2.05) is 12.1 Å². The molecule has 0 heterocycles. The van der Waals surface area contributed by atoms with Crippen LogP contribution in [0, 0.1) is 0 Å². The Hall–Kier alpha value is -1.70. The number of fused-ring (bicyclic) bond motifs is 1. The number of hydrogen-bond donors (Lipinski definition) is 2. The first kappa shape index (κ1) is 9.84. The molecule has 0 aliphatic carbocycles. The zero-order valence-electron chi connectivity index (χ0n) is 8.70. The topological polar surface area (TPSA) is 40.5 Å². The number of aryl methyl sites for hydroxylation is 1. The zero-order chi connectivity index (χ0) is 10.8. The van der Waals surface area contributed by atoms with Gasteiger partial charge in [-0.15, -0.1) is 0 Å². The minimum Gasteiger partial charge on any atom is -0.508 e. The van der Waals surface area contributed by atoms with Crippen LogP contribution in [0.25, 0.3) is 10.8 Å². The quantitative estimate of drug-likeness (QED) is 0.785. The molecule has 0 spiro atoms. The van der Waals surface area contributed by atoms with Crippen molar-refractivity contribution in [1.29, 1.82) is 0 Å². The van der Waals surface area contributed by atoms with E-state index in [0.29, 0.717) is 5.75 Å². The summed E-state index contributed by atoms with van der Waals surface area (Å²) in [5.41, 5.74) is 0.895. The third-order valence-corrected chi connectivity index (χ3v) is 2.58. The Kier molecular flexibility index (Phi) is 2.50. The van der Waals surface area contributed by atoms with Crippen LogP contribution in [0.2, 0.25) is 0 Å². The van der Waals surface area contributed by atoms with Crippen molar-refractivity contribution in [1.82, 2.24) is 0 Å². The van der Waals surface area contributed by atoms with Gasteiger partial charge in [0.1, 0.15) is 11.5 Å². The first-order valence-electron chi connectivity index (χ1n) is 5.16. The number of aromatic hydroxyl groups is 2. The standard InChI is InChI=1S/C13H14O2/c1-2-4-10-7-11-9(8-13(10)15)5-3-6-12(11)14/h3,5-8,14-15H,2,4H2,1H3. The van der Waals surface area contributed by atoms with Gasteiger partial charge in [-0.05, 0) is 35.6 Å². The summed E-state index contributed by atoms with van der Waals surface area (Å²) in [6.07, 6.45) is 1.81. The molecule has 0 aliphatic heterocycles. The molecular formula is C13H14O2. The lowest BCUT2D eigenvalue weighted by Crippen LogP contribution is -1.85. The largest absolute Gasteiger partial charge is 0.508 e. The molecule has 0 unspecified atom stereocenters. The first-order valence-corrected chi connectivity index (χ1v) is 5.16. The van der Waals surface area contributed by atoms with Gasteiger partial charge in [-0.3, -0.25) is 0 Å². The lowest BCUT2D eigenvalue weighted by molar-refractivity contribution is 0.468. The van der Waals surface area contributed by atoms with Crippen LogP contribution < -0.4 is 0 Å². The second-order valence-electron chi connectivity index (χ2n) is 3.73. The van der Waals surface area contributed by atoms with E-state index in [4.69, 9.17) is 0 Å². The van der Waals surface area contributed by atoms with E-state index in [9.17, 15) is 10.2 Å². The molecule has 0 amide bonds. The smallest absolute Gasteiger partial charge is 0.123 e. The van der Waals surface area contributed by atoms with Crippen molar-refractivity contribution in [3.05, 3.63) is 35.9 Å². The van der Waals surface area contributed by atoms with Gasteiger partial charge in [0, 0.05) is 5.39 Å². The van der Waals surface area contributed by atoms with Gasteiger partial charge in [-0.2, -0.15) is 0 Å². The highest BCUT2D eigenvalue weighted by atomic mass is 16.3. The summed E-state index contributed by atoms with van der Waals surface area (Å²) in [5.74, 6) is 0.583. The molecule has 0 aromatic heterocycles. The van der Waals surface area contributed by atoms with E-state index >= 15 is 0 Å². The average Bonchev–Trinajstić information content (AvgIpc) is 2.21. The van der Waals surface area contributed by atoms with Gasteiger partial charge in [-0.1, -0.05) is 25.5 Å². The van der Waals surface area contributed by atoms with Gasteiger partial charge in [-0.25, -0.2) is 0 Å². The Labute approximate surface area is 88.8 Å². The third-order valence-electron chi connectivity index (χ3n) is 2.58. The summed E-state index contributed by atoms with van der Waals surface area (Å²) in [4.78, 5) is 0. The highest BCUT2D eigenvalue weighted by molar-refractivity contribution is 5.90. The highest BCUT2D eigenvalue weighted by Gasteiger charge is 2.05. The number of phenols is 2. The molecule has 2 aromatic carbocycles. The molecule has 78 valence electrons. The normalized spacial score (nSPS) is 10.7. The summed E-state index contributed by atoms with van der Waals surface area (Å²) >= 11 is 0. The zero-order valence-corrected chi connectivity index (χ0v) is 8.70. The van der Waals surface area contributed by atoms with Crippen molar-refractivity contribution in [2.24, 2.45) is 0 Å². The van der Waals surface area contributed by atoms with Crippen LogP contribution in [0.5, 0.6) is 11.5 Å². The van der Waals surface area contributed by atoms with Crippen molar-refractivity contribution >= 4 is 10.8 Å². The molecule has 2 heteroatoms. The lowest BCUT2D eigenvalue weighted by atomic mass is 10.0. The molecule has 2 N–H and O–H groups in total. The van der Waals surface area contributed by atoms with Gasteiger partial charge in [0.15, 0.2) is 0 Å². The Morgan fingerprint density at radius 3 is 2.60 bits per heavy atom. The van der Waals surface area contributed by atoms with Gasteiger partial charge in [0.2, 0.25) is 0 Å². The van der Waals surface area contributed by atoms with Crippen LogP contribution in [-0.4, -0.2) is 10.2 Å². The SMILES string of the molecule is CCCc1cc2c(O)cccc2cc1O. The van der Waals surface area contributed by atoms with E-state index in [2.05, 4.69) is 6.92 Å². The molecule has 0 atom stereocenters. The molecule has 0 bridgehead atoms. The van der Waals surface area contributed by atoms with Crippen molar-refractivity contribution in [2.45, 2.75) is 19.8 Å². The molecule has 0 saturated heterocycles. The molecule has 15 heavy (non-hydrogen) atoms. The lowest BCUT2D eigenvalue weighted by Gasteiger charge is -2.06. The van der Waals surface area contributed by atoms with E-state index in [1.54, 1.807) is 18.2 Å². The fourth-order valence-electron chi connectivity index (χ4n) is 1.81. The fraction of sp³-hybridized carbons (Fsp3) is 0.231. The Balaban J connectivity index is 2.66. The molecule has 0 saturated carbocycles. The molecule has 0 fully saturated rings. The van der Waals surface area contributed by atoms with Crippen LogP contribution in [0.3, 0.4) is 0 Å². The summed E-state index contributed by atoms with van der Waals surface area (Å²) in [5, 5.41) is 21.1. The van der Waals surface area contributed by atoms with E-state index in [0.717, 1.165) is 29.2 Å². The number of hydrogen-bond acceptors (Lipinski definition) is 2. The Bertz CT molecular complexity index is 489. The molecule has 0 aliphatic rings. The summed E-state index contributed by atoms with van der Waals surface area (Å²) in [7, 11) is 0. The van der Waals surface area contributed by atoms with E-state index in [-0.39, 0.29) is 5.75 Å². The monoisotopic (exact) mass is 202 g/mol. The van der Waals surface area contributed by atoms with Crippen LogP contribution >= 0.6 is 0 Å². The first-order chi connectivity index (χ1) is 7.22. The summed E-state index contributed by atoms with van der Waals surface area (Å²) in [6, 6.07) is 8.89. The van der Waals surface area contributed by atoms with Crippen LogP contribution in [-0.2, 0) is 6.42 Å². The van der Waals surface area contributed by atoms with E-state index < -0.39 is 0 Å². The Morgan fingerprint density at radius 2 is 1.87 bits per heavy atom. The molecule has 2 aromatic rings. The number of benzene rings is 2. The average molecular weight is 202 g/mol. The van der Waals surface area contributed by atoms with Gasteiger partial charge in [0.05, 0.1) is 0 Å². The predicted molar refractivity (Wildman–Crippen MR) is 61.3 cm³/mol. The van der Waals surface area contributed by atoms with Crippen molar-refractivity contribution in [2.75, 3.05) is 0 Å². The van der Waals surface area contributed by atoms with E-state index in [1.165, 1.54) is 0 Å². The van der Waals surface area contributed by atoms with Gasteiger partial charge in [0.25, 0.3) is 0 Å². The minimum atomic E-state index is 0.268. The van der Waals surface area contributed by atoms with Crippen molar-refractivity contribution in [3.63, 3.8) is 0 Å². The van der Waals surface area contributed by atoms with Crippen LogP contribution in [0.15, 0.2) is 30.3 Å². The van der Waals surface area contributed by atoms with Crippen LogP contribution in [0.1, 0.15) is 18.9 Å². The predicted octanol–water partition coefficient (Wildman–Crippen LogP) is 3.20. The summed E-state index contributed by atoms with van der Waals surface area (Å²) in [6.45, 7) is 2.06. The Morgan fingerprint density at radius 1 is 1.07 bits per heavy atom. The van der Waals surface area contributed by atoms with Gasteiger partial charge >= 0.3 is 0 Å².